The van der Waals surface area contributed by atoms with Gasteiger partial charge in [-0.25, -0.2) is 0 Å². The molecule has 0 unspecified atom stereocenters. The van der Waals surface area contributed by atoms with Gasteiger partial charge in [-0.3, -0.25) is 9.89 Å². The molecule has 0 atom stereocenters. The Kier molecular flexibility index (Phi) is 3.55. The molecular weight excluding hydrogens is 244 g/mol. The minimum absolute atomic E-state index is 0.0544. The van der Waals surface area contributed by atoms with Crippen molar-refractivity contribution in [1.82, 2.24) is 10.2 Å². The van der Waals surface area contributed by atoms with Crippen LogP contribution in [0.4, 0.5) is 0 Å². The number of nitrogens with zero attached hydrogens (tertiary/aromatic N) is 1. The van der Waals surface area contributed by atoms with Crippen molar-refractivity contribution >= 4 is 5.97 Å². The lowest BCUT2D eigenvalue weighted by molar-refractivity contribution is -0.136. The fourth-order valence-corrected chi connectivity index (χ4v) is 2.05. The summed E-state index contributed by atoms with van der Waals surface area (Å²) in [4.78, 5) is 10.7. The van der Waals surface area contributed by atoms with Crippen LogP contribution in [0.2, 0.25) is 0 Å². The Morgan fingerprint density at radius 2 is 2.11 bits per heavy atom. The molecule has 1 aromatic heterocycles. The maximum absolute atomic E-state index is 10.7. The van der Waals surface area contributed by atoms with E-state index in [2.05, 4.69) is 10.2 Å². The molecule has 0 radical (unpaired) electrons. The van der Waals surface area contributed by atoms with Gasteiger partial charge in [0, 0.05) is 11.3 Å². The average molecular weight is 260 g/mol. The number of carboxylic acid groups (broad SMARTS) is 1. The standard InChI is InChI=1S/C14H16N2O3/c1-8-9(2)13(19-3)5-4-11(8)12-6-10(15-16-12)7-14(17)18/h4-6H,7H2,1-3H3,(H,15,16)(H,17,18). The summed E-state index contributed by atoms with van der Waals surface area (Å²) in [6, 6.07) is 5.59. The Morgan fingerprint density at radius 1 is 1.37 bits per heavy atom. The van der Waals surface area contributed by atoms with Crippen molar-refractivity contribution in [2.24, 2.45) is 0 Å². The SMILES string of the molecule is COc1ccc(-c2cc(CC(=O)O)[nH]n2)c(C)c1C. The van der Waals surface area contributed by atoms with Crippen molar-refractivity contribution in [3.63, 3.8) is 0 Å². The number of hydrogen-bond acceptors (Lipinski definition) is 3. The van der Waals surface area contributed by atoms with E-state index in [0.717, 1.165) is 28.1 Å². The summed E-state index contributed by atoms with van der Waals surface area (Å²) < 4.78 is 5.27. The van der Waals surface area contributed by atoms with Crippen molar-refractivity contribution in [3.8, 4) is 17.0 Å². The maximum Gasteiger partial charge on any atom is 0.309 e. The summed E-state index contributed by atoms with van der Waals surface area (Å²) >= 11 is 0. The van der Waals surface area contributed by atoms with Crippen LogP contribution in [0.3, 0.4) is 0 Å². The molecule has 1 aromatic carbocycles. The van der Waals surface area contributed by atoms with Crippen LogP contribution >= 0.6 is 0 Å². The van der Waals surface area contributed by atoms with Gasteiger partial charge in [-0.1, -0.05) is 0 Å². The monoisotopic (exact) mass is 260 g/mol. The zero-order valence-electron chi connectivity index (χ0n) is 11.2. The Labute approximate surface area is 111 Å². The van der Waals surface area contributed by atoms with Crippen molar-refractivity contribution in [2.75, 3.05) is 7.11 Å². The molecule has 0 amide bonds. The minimum Gasteiger partial charge on any atom is -0.496 e. The smallest absolute Gasteiger partial charge is 0.309 e. The van der Waals surface area contributed by atoms with Crippen LogP contribution in [0.1, 0.15) is 16.8 Å². The molecule has 0 spiro atoms. The number of aliphatic carboxylic acids is 1. The van der Waals surface area contributed by atoms with Crippen molar-refractivity contribution in [1.29, 1.82) is 0 Å². The van der Waals surface area contributed by atoms with E-state index in [4.69, 9.17) is 9.84 Å². The highest BCUT2D eigenvalue weighted by molar-refractivity contribution is 5.72. The number of carboxylic acids is 1. The molecule has 0 saturated carbocycles. The first kappa shape index (κ1) is 13.1. The normalized spacial score (nSPS) is 10.5. The average Bonchev–Trinajstić information content (AvgIpc) is 2.80. The molecule has 0 aliphatic heterocycles. The highest BCUT2D eigenvalue weighted by Gasteiger charge is 2.12. The van der Waals surface area contributed by atoms with Gasteiger partial charge < -0.3 is 9.84 Å². The second-order valence-corrected chi connectivity index (χ2v) is 4.41. The Morgan fingerprint density at radius 3 is 2.74 bits per heavy atom. The fraction of sp³-hybridized carbons (Fsp3) is 0.286. The third-order valence-corrected chi connectivity index (χ3v) is 3.21. The quantitative estimate of drug-likeness (QED) is 0.884. The summed E-state index contributed by atoms with van der Waals surface area (Å²) in [5.74, 6) is -0.0413. The second-order valence-electron chi connectivity index (χ2n) is 4.41. The summed E-state index contributed by atoms with van der Waals surface area (Å²) in [7, 11) is 1.64. The molecule has 0 saturated heterocycles. The van der Waals surface area contributed by atoms with E-state index in [1.165, 1.54) is 0 Å². The number of carbonyl (C=O) groups is 1. The number of aromatic nitrogens is 2. The molecule has 2 N–H and O–H groups in total. The lowest BCUT2D eigenvalue weighted by Gasteiger charge is -2.10. The third kappa shape index (κ3) is 2.59. The van der Waals surface area contributed by atoms with Crippen LogP contribution < -0.4 is 4.74 Å². The number of nitrogens with one attached hydrogen (secondary N) is 1. The highest BCUT2D eigenvalue weighted by Crippen LogP contribution is 2.30. The maximum atomic E-state index is 10.7. The Bertz CT molecular complexity index is 617. The van der Waals surface area contributed by atoms with Gasteiger partial charge in [-0.15, -0.1) is 0 Å². The van der Waals surface area contributed by atoms with Gasteiger partial charge in [0.25, 0.3) is 0 Å². The molecule has 2 aromatic rings. The van der Waals surface area contributed by atoms with Gasteiger partial charge in [-0.05, 0) is 43.2 Å². The van der Waals surface area contributed by atoms with Crippen molar-refractivity contribution in [2.45, 2.75) is 20.3 Å². The zero-order valence-corrected chi connectivity index (χ0v) is 11.2. The van der Waals surface area contributed by atoms with E-state index < -0.39 is 5.97 Å². The predicted octanol–water partition coefficient (Wildman–Crippen LogP) is 2.33. The van der Waals surface area contributed by atoms with Gasteiger partial charge in [0.05, 0.1) is 19.2 Å². The van der Waals surface area contributed by atoms with Crippen LogP contribution in [-0.4, -0.2) is 28.4 Å². The topological polar surface area (TPSA) is 75.2 Å². The molecule has 19 heavy (non-hydrogen) atoms. The number of H-pyrrole nitrogens is 1. The molecule has 1 heterocycles. The number of ether oxygens (including phenoxy) is 1. The number of aromatic amines is 1. The molecule has 100 valence electrons. The number of rotatable bonds is 4. The third-order valence-electron chi connectivity index (χ3n) is 3.21. The van der Waals surface area contributed by atoms with E-state index in [1.54, 1.807) is 13.2 Å². The first-order valence-corrected chi connectivity index (χ1v) is 5.93. The lowest BCUT2D eigenvalue weighted by atomic mass is 10.00. The molecular formula is C14H16N2O3. The largest absolute Gasteiger partial charge is 0.496 e. The van der Waals surface area contributed by atoms with Crippen LogP contribution in [-0.2, 0) is 11.2 Å². The molecule has 0 aliphatic rings. The van der Waals surface area contributed by atoms with Crippen LogP contribution in [0.25, 0.3) is 11.3 Å². The van der Waals surface area contributed by atoms with Gasteiger partial charge in [-0.2, -0.15) is 5.10 Å². The molecule has 0 bridgehead atoms. The summed E-state index contributed by atoms with van der Waals surface area (Å²) in [6.45, 7) is 3.99. The van der Waals surface area contributed by atoms with Crippen LogP contribution in [0, 0.1) is 13.8 Å². The number of hydrogen-bond donors (Lipinski definition) is 2. The first-order valence-electron chi connectivity index (χ1n) is 5.93. The van der Waals surface area contributed by atoms with Gasteiger partial charge in [0.2, 0.25) is 0 Å². The molecule has 5 nitrogen and oxygen atoms in total. The van der Waals surface area contributed by atoms with E-state index >= 15 is 0 Å². The van der Waals surface area contributed by atoms with E-state index in [0.29, 0.717) is 5.69 Å². The molecule has 0 fully saturated rings. The first-order chi connectivity index (χ1) is 9.02. The predicted molar refractivity (Wildman–Crippen MR) is 71.4 cm³/mol. The highest BCUT2D eigenvalue weighted by atomic mass is 16.5. The Balaban J connectivity index is 2.39. The van der Waals surface area contributed by atoms with Crippen LogP contribution in [0.5, 0.6) is 5.75 Å². The van der Waals surface area contributed by atoms with Crippen molar-refractivity contribution in [3.05, 3.63) is 35.0 Å². The molecule has 0 aliphatic carbocycles. The van der Waals surface area contributed by atoms with Crippen LogP contribution in [0.15, 0.2) is 18.2 Å². The molecule has 2 rings (SSSR count). The summed E-state index contributed by atoms with van der Waals surface area (Å²) in [5, 5.41) is 15.7. The zero-order chi connectivity index (χ0) is 14.0. The molecule has 5 heteroatoms. The van der Waals surface area contributed by atoms with Gasteiger partial charge >= 0.3 is 5.97 Å². The Hall–Kier alpha value is -2.30. The number of methoxy groups -OCH3 is 1. The van der Waals surface area contributed by atoms with E-state index in [9.17, 15) is 4.79 Å². The van der Waals surface area contributed by atoms with E-state index in [1.807, 2.05) is 26.0 Å². The second kappa shape index (κ2) is 5.14. The van der Waals surface area contributed by atoms with Crippen molar-refractivity contribution < 1.29 is 14.6 Å². The van der Waals surface area contributed by atoms with Gasteiger partial charge in [0.1, 0.15) is 5.75 Å². The summed E-state index contributed by atoms with van der Waals surface area (Å²) in [6.07, 6.45) is -0.0544. The fourth-order valence-electron chi connectivity index (χ4n) is 2.05. The number of benzene rings is 1. The summed E-state index contributed by atoms with van der Waals surface area (Å²) in [5.41, 5.74) is 4.46. The minimum atomic E-state index is -0.877. The lowest BCUT2D eigenvalue weighted by Crippen LogP contribution is -1.99. The van der Waals surface area contributed by atoms with E-state index in [-0.39, 0.29) is 6.42 Å². The van der Waals surface area contributed by atoms with Gasteiger partial charge in [0.15, 0.2) is 0 Å².